The normalized spacial score (nSPS) is 23.6. The Balaban J connectivity index is 1.59. The van der Waals surface area contributed by atoms with Crippen LogP contribution in [0, 0.1) is 0 Å². The van der Waals surface area contributed by atoms with E-state index in [4.69, 9.17) is 4.74 Å². The Morgan fingerprint density at radius 1 is 1.20 bits per heavy atom. The molecule has 3 rings (SSSR count). The van der Waals surface area contributed by atoms with Gasteiger partial charge in [-0.25, -0.2) is 4.79 Å². The fourth-order valence-electron chi connectivity index (χ4n) is 3.04. The third kappa shape index (κ3) is 4.85. The maximum Gasteiger partial charge on any atom is 0.330 e. The minimum Gasteiger partial charge on any atom is -0.387 e. The van der Waals surface area contributed by atoms with E-state index in [1.54, 1.807) is 0 Å². The number of hydrogen-bond donors (Lipinski definition) is 4. The smallest absolute Gasteiger partial charge is 0.330 e. The first-order valence-electron chi connectivity index (χ1n) is 9.31. The molecule has 10 nitrogen and oxygen atoms in total. The zero-order valence-electron chi connectivity index (χ0n) is 16.6. The number of rotatable bonds is 6. The van der Waals surface area contributed by atoms with E-state index in [1.165, 1.54) is 18.3 Å². The third-order valence-corrected chi connectivity index (χ3v) is 4.76. The van der Waals surface area contributed by atoms with Crippen LogP contribution < -0.4 is 21.5 Å². The van der Waals surface area contributed by atoms with Gasteiger partial charge in [0.1, 0.15) is 18.3 Å². The average molecular weight is 416 g/mol. The van der Waals surface area contributed by atoms with Gasteiger partial charge in [0.05, 0.1) is 0 Å². The molecule has 2 heterocycles. The van der Waals surface area contributed by atoms with Crippen LogP contribution in [0.2, 0.25) is 0 Å². The monoisotopic (exact) mass is 416 g/mol. The molecule has 1 aliphatic rings. The number of carbonyl (C=O) groups is 1. The number of benzene rings is 1. The van der Waals surface area contributed by atoms with Crippen LogP contribution in [0.4, 0.5) is 5.69 Å². The van der Waals surface area contributed by atoms with E-state index in [-0.39, 0.29) is 0 Å². The number of aromatic amines is 1. The number of H-pyrrole nitrogens is 1. The lowest BCUT2D eigenvalue weighted by molar-refractivity contribution is -0.116. The van der Waals surface area contributed by atoms with Crippen molar-refractivity contribution in [2.75, 3.05) is 19.0 Å². The van der Waals surface area contributed by atoms with Crippen molar-refractivity contribution in [2.24, 2.45) is 0 Å². The summed E-state index contributed by atoms with van der Waals surface area (Å²) in [6.07, 6.45) is -1.28. The number of amides is 1. The summed E-state index contributed by atoms with van der Waals surface area (Å²) in [5.74, 6) is -0.401. The van der Waals surface area contributed by atoms with Crippen molar-refractivity contribution < 1.29 is 19.7 Å². The molecule has 0 bridgehead atoms. The van der Waals surface area contributed by atoms with Gasteiger partial charge in [-0.2, -0.15) is 0 Å². The van der Waals surface area contributed by atoms with Gasteiger partial charge in [0.15, 0.2) is 6.23 Å². The summed E-state index contributed by atoms with van der Waals surface area (Å²) in [5.41, 5.74) is 0.606. The summed E-state index contributed by atoms with van der Waals surface area (Å²) in [6, 6.07) is 8.81. The van der Waals surface area contributed by atoms with Crippen molar-refractivity contribution in [3.05, 3.63) is 75.1 Å². The molecule has 0 saturated carbocycles. The first-order chi connectivity index (χ1) is 14.3. The summed E-state index contributed by atoms with van der Waals surface area (Å²) in [6.45, 7) is 0.322. The minimum absolute atomic E-state index is 0.322. The van der Waals surface area contributed by atoms with Gasteiger partial charge >= 0.3 is 5.69 Å². The van der Waals surface area contributed by atoms with Gasteiger partial charge in [0.25, 0.3) is 5.56 Å². The lowest BCUT2D eigenvalue weighted by Crippen LogP contribution is -2.37. The van der Waals surface area contributed by atoms with Gasteiger partial charge < -0.3 is 25.2 Å². The highest BCUT2D eigenvalue weighted by Gasteiger charge is 2.42. The predicted molar refractivity (Wildman–Crippen MR) is 109 cm³/mol. The second-order valence-electron chi connectivity index (χ2n) is 7.13. The Hall–Kier alpha value is -3.21. The first kappa shape index (κ1) is 21.5. The summed E-state index contributed by atoms with van der Waals surface area (Å²) >= 11 is 0. The van der Waals surface area contributed by atoms with E-state index in [1.807, 2.05) is 43.3 Å². The average Bonchev–Trinajstić information content (AvgIpc) is 2.99. The van der Waals surface area contributed by atoms with Crippen molar-refractivity contribution in [3.8, 4) is 0 Å². The zero-order valence-corrected chi connectivity index (χ0v) is 16.6. The van der Waals surface area contributed by atoms with Crippen molar-refractivity contribution in [1.29, 1.82) is 0 Å². The van der Waals surface area contributed by atoms with E-state index in [0.717, 1.165) is 21.9 Å². The Morgan fingerprint density at radius 2 is 1.90 bits per heavy atom. The molecule has 4 atom stereocenters. The number of ether oxygens (including phenoxy) is 1. The quantitative estimate of drug-likeness (QED) is 0.448. The zero-order chi connectivity index (χ0) is 21.8. The molecule has 30 heavy (non-hydrogen) atoms. The first-order valence-corrected chi connectivity index (χ1v) is 9.31. The fraction of sp³-hybridized carbons (Fsp3) is 0.350. The molecule has 4 N–H and O–H groups in total. The molecule has 1 aromatic carbocycles. The second-order valence-corrected chi connectivity index (χ2v) is 7.13. The van der Waals surface area contributed by atoms with Crippen LogP contribution in [0.3, 0.4) is 0 Å². The van der Waals surface area contributed by atoms with Gasteiger partial charge in [-0.05, 0) is 23.8 Å². The Morgan fingerprint density at radius 3 is 2.53 bits per heavy atom. The number of anilines is 1. The molecule has 0 spiro atoms. The highest BCUT2D eigenvalue weighted by molar-refractivity contribution is 5.87. The van der Waals surface area contributed by atoms with Gasteiger partial charge in [-0.3, -0.25) is 19.1 Å². The predicted octanol–water partition coefficient (Wildman–Crippen LogP) is -0.906. The lowest BCUT2D eigenvalue weighted by Gasteiger charge is -2.16. The molecule has 10 heteroatoms. The van der Waals surface area contributed by atoms with Crippen molar-refractivity contribution in [3.63, 3.8) is 0 Å². The Bertz CT molecular complexity index is 1030. The molecule has 1 amide bonds. The van der Waals surface area contributed by atoms with Crippen molar-refractivity contribution >= 4 is 11.6 Å². The molecular weight excluding hydrogens is 392 g/mol. The summed E-state index contributed by atoms with van der Waals surface area (Å²) in [4.78, 5) is 39.2. The molecule has 0 radical (unpaired) electrons. The van der Waals surface area contributed by atoms with E-state index in [2.05, 4.69) is 10.3 Å². The molecular formula is C20H24N4O6. The molecule has 1 aromatic heterocycles. The van der Waals surface area contributed by atoms with Crippen LogP contribution in [0.5, 0.6) is 0 Å². The third-order valence-electron chi connectivity index (χ3n) is 4.76. The lowest BCUT2D eigenvalue weighted by atomic mass is 10.1. The largest absolute Gasteiger partial charge is 0.387 e. The van der Waals surface area contributed by atoms with Crippen LogP contribution in [0.15, 0.2) is 58.3 Å². The summed E-state index contributed by atoms with van der Waals surface area (Å²) < 4.78 is 6.48. The van der Waals surface area contributed by atoms with E-state index in [9.17, 15) is 24.6 Å². The van der Waals surface area contributed by atoms with Crippen molar-refractivity contribution in [2.45, 2.75) is 31.1 Å². The fourth-order valence-corrected chi connectivity index (χ4v) is 3.04. The molecule has 1 saturated heterocycles. The van der Waals surface area contributed by atoms with Gasteiger partial charge in [0, 0.05) is 44.7 Å². The molecule has 160 valence electrons. The minimum atomic E-state index is -1.42. The van der Waals surface area contributed by atoms with Crippen molar-refractivity contribution in [1.82, 2.24) is 14.9 Å². The number of nitrogens with one attached hydrogen (secondary N) is 2. The maximum atomic E-state index is 12.1. The maximum absolute atomic E-state index is 12.1. The standard InChI is InChI=1S/C20H24N4O6/c1-23(2)13-5-3-12(4-6-13)11-21-15(25)8-7-14-17(27)18(28)19(30-14)24-10-9-16(26)22-20(24)29/h3-10,14,17-19,27-28H,11H2,1-2H3,(H,21,25)(H,22,26,29)/b8-7+/t14-,17-,18-,19-/m1/s1. The van der Waals surface area contributed by atoms with Crippen LogP contribution in [-0.2, 0) is 16.1 Å². The Kier molecular flexibility index (Phi) is 6.50. The number of carbonyl (C=O) groups excluding carboxylic acids is 1. The number of nitrogens with zero attached hydrogens (tertiary/aromatic N) is 2. The van der Waals surface area contributed by atoms with Crippen LogP contribution in [0.25, 0.3) is 0 Å². The van der Waals surface area contributed by atoms with Gasteiger partial charge in [-0.1, -0.05) is 12.1 Å². The van der Waals surface area contributed by atoms with Gasteiger partial charge in [0.2, 0.25) is 5.91 Å². The van der Waals surface area contributed by atoms with E-state index >= 15 is 0 Å². The number of hydrogen-bond acceptors (Lipinski definition) is 7. The van der Waals surface area contributed by atoms with Crippen LogP contribution in [0.1, 0.15) is 11.8 Å². The molecule has 0 aliphatic carbocycles. The molecule has 1 aliphatic heterocycles. The Labute approximate surface area is 172 Å². The molecule has 0 unspecified atom stereocenters. The van der Waals surface area contributed by atoms with Crippen LogP contribution in [-0.4, -0.2) is 58.1 Å². The highest BCUT2D eigenvalue weighted by Crippen LogP contribution is 2.28. The van der Waals surface area contributed by atoms with E-state index < -0.39 is 41.7 Å². The van der Waals surface area contributed by atoms with Crippen LogP contribution >= 0.6 is 0 Å². The summed E-state index contributed by atoms with van der Waals surface area (Å²) in [7, 11) is 3.88. The number of aliphatic hydroxyl groups is 2. The van der Waals surface area contributed by atoms with E-state index in [0.29, 0.717) is 6.54 Å². The second kappa shape index (κ2) is 9.08. The molecule has 1 fully saturated rings. The van der Waals surface area contributed by atoms with Gasteiger partial charge in [-0.15, -0.1) is 0 Å². The number of aliphatic hydroxyl groups excluding tert-OH is 2. The number of aromatic nitrogens is 2. The topological polar surface area (TPSA) is 137 Å². The summed E-state index contributed by atoms with van der Waals surface area (Å²) in [5, 5.41) is 23.1. The SMILES string of the molecule is CN(C)c1ccc(CNC(=O)/C=C/[C@H]2O[C@@H](n3ccc(=O)[nH]c3=O)[C@H](O)[C@@H]2O)cc1. The molecule has 2 aromatic rings. The highest BCUT2D eigenvalue weighted by atomic mass is 16.6.